The van der Waals surface area contributed by atoms with Gasteiger partial charge in [-0.15, -0.1) is 0 Å². The lowest BCUT2D eigenvalue weighted by Gasteiger charge is -2.13. The summed E-state index contributed by atoms with van der Waals surface area (Å²) in [4.78, 5) is 23.2. The topological polar surface area (TPSA) is 224 Å². The molecule has 1 heterocycles. The summed E-state index contributed by atoms with van der Waals surface area (Å²) in [7, 11) is 0. The summed E-state index contributed by atoms with van der Waals surface area (Å²) >= 11 is 5.74. The van der Waals surface area contributed by atoms with Crippen LogP contribution in [0.1, 0.15) is 36.2 Å². The lowest BCUT2D eigenvalue weighted by molar-refractivity contribution is -0.0481. The van der Waals surface area contributed by atoms with Crippen molar-refractivity contribution in [2.45, 2.75) is 37.9 Å². The number of amides is 1. The van der Waals surface area contributed by atoms with Crippen LogP contribution in [0, 0.1) is 0 Å². The number of aliphatic imine (C=N–C) groups is 1. The van der Waals surface area contributed by atoms with E-state index in [4.69, 9.17) is 48.5 Å². The summed E-state index contributed by atoms with van der Waals surface area (Å²) in [5.41, 5.74) is 16.5. The van der Waals surface area contributed by atoms with Crippen molar-refractivity contribution < 1.29 is 29.6 Å². The maximum Gasteiger partial charge on any atom is 0.302 e. The molecule has 13 nitrogen and oxygen atoms in total. The molecular weight excluding hydrogens is 446 g/mol. The monoisotopic (exact) mass is 477 g/mol. The van der Waals surface area contributed by atoms with Gasteiger partial charge in [-0.1, -0.05) is 24.4 Å². The molecule has 0 aromatic carbocycles. The Balaban J connectivity index is 2.10. The smallest absolute Gasteiger partial charge is 0.302 e. The number of nitrogens with one attached hydrogen (secondary N) is 1. The third-order valence-electron chi connectivity index (χ3n) is 3.99. The summed E-state index contributed by atoms with van der Waals surface area (Å²) in [5.74, 6) is -1.12. The Hall–Kier alpha value is -2.29. The molecule has 2 atom stereocenters. The Labute approximate surface area is 191 Å². The van der Waals surface area contributed by atoms with Crippen LogP contribution in [0.5, 0.6) is 0 Å². The molecule has 32 heavy (non-hydrogen) atoms. The molecule has 1 aromatic heterocycles. The van der Waals surface area contributed by atoms with Crippen LogP contribution in [0.3, 0.4) is 0 Å². The number of aliphatic hydroxyl groups excluding tert-OH is 3. The number of unbranched alkanes of at least 4 members (excludes halogenated alkanes) is 3. The lowest BCUT2D eigenvalue weighted by atomic mass is 10.2. The van der Waals surface area contributed by atoms with Crippen LogP contribution in [-0.2, 0) is 9.47 Å². The van der Waals surface area contributed by atoms with Gasteiger partial charge in [0.05, 0.1) is 26.4 Å². The average Bonchev–Trinajstić information content (AvgIpc) is 2.74. The zero-order chi connectivity index (χ0) is 23.9. The maximum atomic E-state index is 12.1. The number of aliphatic hydroxyl groups is 3. The molecule has 0 radical (unpaired) electrons. The van der Waals surface area contributed by atoms with Gasteiger partial charge in [-0.05, 0) is 12.8 Å². The molecule has 0 aliphatic heterocycles. The molecular formula is C18H32ClN7O6. The van der Waals surface area contributed by atoms with Crippen molar-refractivity contribution in [2.75, 3.05) is 51.0 Å². The Morgan fingerprint density at radius 2 is 1.69 bits per heavy atom. The molecule has 1 rings (SSSR count). The first-order chi connectivity index (χ1) is 15.2. The number of nitrogens with zero attached hydrogens (tertiary/aromatic N) is 3. The van der Waals surface area contributed by atoms with E-state index in [1.807, 2.05) is 0 Å². The van der Waals surface area contributed by atoms with E-state index in [1.165, 1.54) is 0 Å². The van der Waals surface area contributed by atoms with Crippen molar-refractivity contribution >= 4 is 35.1 Å². The van der Waals surface area contributed by atoms with E-state index < -0.39 is 18.1 Å². The van der Waals surface area contributed by atoms with Crippen LogP contribution in [0.15, 0.2) is 4.99 Å². The second-order valence-electron chi connectivity index (χ2n) is 6.88. The van der Waals surface area contributed by atoms with Crippen LogP contribution >= 0.6 is 11.6 Å². The van der Waals surface area contributed by atoms with Crippen LogP contribution in [0.2, 0.25) is 5.15 Å². The zero-order valence-electron chi connectivity index (χ0n) is 17.7. The number of carbonyl (C=O) groups excluding carboxylic acids is 1. The number of carbonyl (C=O) groups is 1. The third kappa shape index (κ3) is 11.4. The summed E-state index contributed by atoms with van der Waals surface area (Å²) < 4.78 is 10.4. The fourth-order valence-corrected chi connectivity index (χ4v) is 2.49. The maximum absolute atomic E-state index is 12.1. The molecule has 0 bridgehead atoms. The van der Waals surface area contributed by atoms with Crippen LogP contribution in [-0.4, -0.2) is 88.9 Å². The number of guanidine groups is 1. The summed E-state index contributed by atoms with van der Waals surface area (Å²) in [6, 6.07) is 0. The fraction of sp³-hybridized carbons (Fsp3) is 0.667. The van der Waals surface area contributed by atoms with Gasteiger partial charge in [0.2, 0.25) is 0 Å². The highest BCUT2D eigenvalue weighted by Gasteiger charge is 2.15. The van der Waals surface area contributed by atoms with Crippen molar-refractivity contribution in [3.05, 3.63) is 10.8 Å². The summed E-state index contributed by atoms with van der Waals surface area (Å²) in [5, 5.41) is 30.1. The minimum atomic E-state index is -0.948. The molecule has 1 aromatic rings. The quantitative estimate of drug-likeness (QED) is 0.0883. The Morgan fingerprint density at radius 3 is 2.41 bits per heavy atom. The number of aromatic nitrogens is 2. The molecule has 0 saturated heterocycles. The van der Waals surface area contributed by atoms with Crippen molar-refractivity contribution in [3.8, 4) is 0 Å². The summed E-state index contributed by atoms with van der Waals surface area (Å²) in [6.07, 6.45) is 1.67. The standard InChI is InChI=1S/C18H32ClN7O6/c19-14-16(21)25-15(20)13(24-14)17(30)26-18(22)23-5-3-1-2-4-6-31-9-12(29)10-32-8-11(28)7-27/h11-12,27-29H,1-10H2,(H4,20,21,25)(H3,22,23,26,30). The average molecular weight is 478 g/mol. The molecule has 0 saturated carbocycles. The fourth-order valence-electron chi connectivity index (χ4n) is 2.36. The van der Waals surface area contributed by atoms with Crippen LogP contribution < -0.4 is 22.5 Å². The van der Waals surface area contributed by atoms with Gasteiger partial charge in [-0.3, -0.25) is 4.79 Å². The van der Waals surface area contributed by atoms with E-state index in [0.29, 0.717) is 13.2 Å². The molecule has 0 aliphatic carbocycles. The largest absolute Gasteiger partial charge is 0.394 e. The Bertz CT molecular complexity index is 740. The van der Waals surface area contributed by atoms with Gasteiger partial charge in [0, 0.05) is 13.2 Å². The third-order valence-corrected chi connectivity index (χ3v) is 4.27. The van der Waals surface area contributed by atoms with E-state index in [2.05, 4.69) is 20.3 Å². The number of hydrogen-bond acceptors (Lipinski definition) is 10. The van der Waals surface area contributed by atoms with E-state index in [-0.39, 0.29) is 54.9 Å². The van der Waals surface area contributed by atoms with E-state index in [9.17, 15) is 9.90 Å². The van der Waals surface area contributed by atoms with Gasteiger partial charge in [-0.2, -0.15) is 4.99 Å². The van der Waals surface area contributed by atoms with Gasteiger partial charge in [0.15, 0.2) is 28.4 Å². The second kappa shape index (κ2) is 15.5. The minimum Gasteiger partial charge on any atom is -0.394 e. The summed E-state index contributed by atoms with van der Waals surface area (Å²) in [6.45, 7) is 0.744. The number of nitrogen functional groups attached to an aromatic ring is 2. The van der Waals surface area contributed by atoms with Gasteiger partial charge in [-0.25, -0.2) is 9.97 Å². The first-order valence-electron chi connectivity index (χ1n) is 10.1. The normalized spacial score (nSPS) is 13.7. The van der Waals surface area contributed by atoms with Crippen molar-refractivity contribution in [2.24, 2.45) is 10.7 Å². The highest BCUT2D eigenvalue weighted by Crippen LogP contribution is 2.17. The highest BCUT2D eigenvalue weighted by atomic mass is 35.5. The second-order valence-corrected chi connectivity index (χ2v) is 7.24. The Morgan fingerprint density at radius 1 is 1.03 bits per heavy atom. The van der Waals surface area contributed by atoms with Crippen LogP contribution in [0.25, 0.3) is 0 Å². The molecule has 0 aliphatic rings. The minimum absolute atomic E-state index is 0.0265. The molecule has 0 fully saturated rings. The van der Waals surface area contributed by atoms with Gasteiger partial charge < -0.3 is 47.3 Å². The predicted molar refractivity (Wildman–Crippen MR) is 119 cm³/mol. The highest BCUT2D eigenvalue weighted by molar-refractivity contribution is 6.31. The lowest BCUT2D eigenvalue weighted by Crippen LogP contribution is -2.33. The van der Waals surface area contributed by atoms with Crippen LogP contribution in [0.4, 0.5) is 11.6 Å². The zero-order valence-corrected chi connectivity index (χ0v) is 18.5. The van der Waals surface area contributed by atoms with Gasteiger partial charge >= 0.3 is 5.91 Å². The number of nitrogens with two attached hydrogens (primary N) is 3. The number of anilines is 2. The molecule has 1 amide bonds. The number of rotatable bonds is 15. The van der Waals surface area contributed by atoms with E-state index >= 15 is 0 Å². The SMILES string of the molecule is N/C(=N\C(=O)c1nc(Cl)c(N)nc1N)NCCCCCCOCC(O)COCC(O)CO. The van der Waals surface area contributed by atoms with E-state index in [0.717, 1.165) is 25.7 Å². The van der Waals surface area contributed by atoms with Gasteiger partial charge in [0.1, 0.15) is 12.2 Å². The molecule has 2 unspecified atom stereocenters. The number of hydrogen-bond donors (Lipinski definition) is 7. The first-order valence-corrected chi connectivity index (χ1v) is 10.5. The molecule has 182 valence electrons. The van der Waals surface area contributed by atoms with Gasteiger partial charge in [0.25, 0.3) is 0 Å². The first kappa shape index (κ1) is 27.7. The number of ether oxygens (including phenoxy) is 2. The number of halogens is 1. The molecule has 14 heteroatoms. The van der Waals surface area contributed by atoms with Crippen molar-refractivity contribution in [1.82, 2.24) is 15.3 Å². The van der Waals surface area contributed by atoms with E-state index in [1.54, 1.807) is 0 Å². The molecule has 0 spiro atoms. The Kier molecular flexibility index (Phi) is 13.4. The molecule has 10 N–H and O–H groups in total. The predicted octanol–water partition coefficient (Wildman–Crippen LogP) is -1.35. The van der Waals surface area contributed by atoms with Crippen molar-refractivity contribution in [3.63, 3.8) is 0 Å². The van der Waals surface area contributed by atoms with Crippen molar-refractivity contribution in [1.29, 1.82) is 0 Å².